The number of carbonyl (C=O) groups is 2. The Labute approximate surface area is 157 Å². The van der Waals surface area contributed by atoms with Crippen molar-refractivity contribution in [1.82, 2.24) is 14.9 Å². The molecule has 0 atom stereocenters. The molecule has 0 bridgehead atoms. The highest BCUT2D eigenvalue weighted by Gasteiger charge is 2.22. The molecule has 2 aromatic rings. The normalized spacial score (nSPS) is 14.1. The van der Waals surface area contributed by atoms with Crippen molar-refractivity contribution < 1.29 is 19.4 Å². The van der Waals surface area contributed by atoms with E-state index in [0.717, 1.165) is 5.56 Å². The van der Waals surface area contributed by atoms with Gasteiger partial charge >= 0.3 is 5.97 Å². The van der Waals surface area contributed by atoms with E-state index in [1.807, 2.05) is 9.80 Å². The first-order chi connectivity index (χ1) is 13.1. The Hall–Kier alpha value is -3.16. The zero-order chi connectivity index (χ0) is 19.2. The molecular formula is C19H22N4O4. The zero-order valence-electron chi connectivity index (χ0n) is 15.2. The van der Waals surface area contributed by atoms with Crippen LogP contribution in [0.4, 0.5) is 5.95 Å². The Morgan fingerprint density at radius 1 is 1.11 bits per heavy atom. The van der Waals surface area contributed by atoms with Crippen molar-refractivity contribution in [1.29, 1.82) is 0 Å². The van der Waals surface area contributed by atoms with Gasteiger partial charge < -0.3 is 19.6 Å². The number of carbonyl (C=O) groups excluding carboxylic acids is 1. The number of piperazine rings is 1. The van der Waals surface area contributed by atoms with Crippen LogP contribution in [-0.2, 0) is 11.2 Å². The van der Waals surface area contributed by atoms with Gasteiger partial charge in [-0.15, -0.1) is 0 Å². The number of benzene rings is 1. The minimum Gasteiger partial charge on any atom is -0.481 e. The number of aromatic carboxylic acids is 1. The predicted molar refractivity (Wildman–Crippen MR) is 99.1 cm³/mol. The standard InChI is InChI=1S/C19H22N4O4/c1-27-16-8-9-20-19(21-16)23-12-10-22(11-13-23)17(24)7-4-14-2-5-15(6-3-14)18(25)26/h2-3,5-6,8-9H,4,7,10-13H2,1H3,(H,25,26). The van der Waals surface area contributed by atoms with E-state index < -0.39 is 5.97 Å². The molecule has 142 valence electrons. The van der Waals surface area contributed by atoms with Gasteiger partial charge in [-0.3, -0.25) is 4.79 Å². The Kier molecular flexibility index (Phi) is 5.85. The average molecular weight is 370 g/mol. The second-order valence-corrected chi connectivity index (χ2v) is 6.27. The predicted octanol–water partition coefficient (Wildman–Crippen LogP) is 1.46. The van der Waals surface area contributed by atoms with Crippen LogP contribution in [0.2, 0.25) is 0 Å². The largest absolute Gasteiger partial charge is 0.481 e. The maximum atomic E-state index is 12.5. The van der Waals surface area contributed by atoms with Gasteiger partial charge in [-0.05, 0) is 24.1 Å². The molecule has 27 heavy (non-hydrogen) atoms. The second kappa shape index (κ2) is 8.48. The lowest BCUT2D eigenvalue weighted by Crippen LogP contribution is -2.49. The third kappa shape index (κ3) is 4.72. The molecule has 8 heteroatoms. The first kappa shape index (κ1) is 18.6. The van der Waals surface area contributed by atoms with E-state index in [2.05, 4.69) is 9.97 Å². The molecule has 8 nitrogen and oxygen atoms in total. The fraction of sp³-hybridized carbons (Fsp3) is 0.368. The molecule has 1 amide bonds. The van der Waals surface area contributed by atoms with Crippen LogP contribution in [0.5, 0.6) is 5.88 Å². The molecule has 1 aromatic heterocycles. The summed E-state index contributed by atoms with van der Waals surface area (Å²) in [6, 6.07) is 8.35. The van der Waals surface area contributed by atoms with Crippen molar-refractivity contribution in [3.8, 4) is 5.88 Å². The summed E-state index contributed by atoms with van der Waals surface area (Å²) in [5.41, 5.74) is 1.21. The molecule has 1 aromatic carbocycles. The SMILES string of the molecule is COc1ccnc(N2CCN(C(=O)CCc3ccc(C(=O)O)cc3)CC2)n1. The van der Waals surface area contributed by atoms with Gasteiger partial charge in [0, 0.05) is 44.9 Å². The summed E-state index contributed by atoms with van der Waals surface area (Å²) < 4.78 is 5.12. The highest BCUT2D eigenvalue weighted by atomic mass is 16.5. The van der Waals surface area contributed by atoms with E-state index in [-0.39, 0.29) is 11.5 Å². The van der Waals surface area contributed by atoms with Gasteiger partial charge in [-0.1, -0.05) is 12.1 Å². The van der Waals surface area contributed by atoms with Crippen LogP contribution >= 0.6 is 0 Å². The van der Waals surface area contributed by atoms with Gasteiger partial charge in [0.15, 0.2) is 0 Å². The van der Waals surface area contributed by atoms with Crippen LogP contribution in [0.1, 0.15) is 22.3 Å². The van der Waals surface area contributed by atoms with E-state index in [9.17, 15) is 9.59 Å². The van der Waals surface area contributed by atoms with Gasteiger partial charge in [0.25, 0.3) is 0 Å². The van der Waals surface area contributed by atoms with Crippen LogP contribution in [0.15, 0.2) is 36.5 Å². The minimum atomic E-state index is -0.949. The van der Waals surface area contributed by atoms with Crippen LogP contribution in [0, 0.1) is 0 Å². The molecule has 1 aliphatic rings. The Bertz CT molecular complexity index is 802. The lowest BCUT2D eigenvalue weighted by molar-refractivity contribution is -0.131. The summed E-state index contributed by atoms with van der Waals surface area (Å²) in [5, 5.41) is 8.92. The van der Waals surface area contributed by atoms with Crippen molar-refractivity contribution in [3.05, 3.63) is 47.7 Å². The Balaban J connectivity index is 1.48. The van der Waals surface area contributed by atoms with Gasteiger partial charge in [-0.2, -0.15) is 4.98 Å². The molecule has 1 aliphatic heterocycles. The summed E-state index contributed by atoms with van der Waals surface area (Å²) in [7, 11) is 1.57. The minimum absolute atomic E-state index is 0.100. The van der Waals surface area contributed by atoms with E-state index >= 15 is 0 Å². The first-order valence-electron chi connectivity index (χ1n) is 8.79. The van der Waals surface area contributed by atoms with Crippen molar-refractivity contribution in [2.75, 3.05) is 38.2 Å². The molecule has 0 spiro atoms. The monoisotopic (exact) mass is 370 g/mol. The molecule has 3 rings (SSSR count). The molecular weight excluding hydrogens is 348 g/mol. The van der Waals surface area contributed by atoms with E-state index in [0.29, 0.717) is 50.8 Å². The number of aromatic nitrogens is 2. The molecule has 0 saturated carbocycles. The average Bonchev–Trinajstić information content (AvgIpc) is 2.72. The summed E-state index contributed by atoms with van der Waals surface area (Å²) >= 11 is 0. The highest BCUT2D eigenvalue weighted by molar-refractivity contribution is 5.87. The smallest absolute Gasteiger partial charge is 0.335 e. The molecule has 0 unspecified atom stereocenters. The number of aryl methyl sites for hydroxylation is 1. The lowest BCUT2D eigenvalue weighted by Gasteiger charge is -2.34. The molecule has 2 heterocycles. The number of methoxy groups -OCH3 is 1. The van der Waals surface area contributed by atoms with Crippen LogP contribution < -0.4 is 9.64 Å². The maximum absolute atomic E-state index is 12.5. The van der Waals surface area contributed by atoms with E-state index in [1.54, 1.807) is 43.6 Å². The maximum Gasteiger partial charge on any atom is 0.335 e. The van der Waals surface area contributed by atoms with Gasteiger partial charge in [0.2, 0.25) is 17.7 Å². The van der Waals surface area contributed by atoms with Crippen molar-refractivity contribution in [3.63, 3.8) is 0 Å². The fourth-order valence-electron chi connectivity index (χ4n) is 2.98. The zero-order valence-corrected chi connectivity index (χ0v) is 15.2. The van der Waals surface area contributed by atoms with Gasteiger partial charge in [-0.25, -0.2) is 9.78 Å². The van der Waals surface area contributed by atoms with E-state index in [1.165, 1.54) is 0 Å². The third-order valence-electron chi connectivity index (χ3n) is 4.57. The topological polar surface area (TPSA) is 95.9 Å². The fourth-order valence-corrected chi connectivity index (χ4v) is 2.98. The number of nitrogens with zero attached hydrogens (tertiary/aromatic N) is 4. The lowest BCUT2D eigenvalue weighted by atomic mass is 10.1. The number of anilines is 1. The van der Waals surface area contributed by atoms with Crippen molar-refractivity contribution in [2.24, 2.45) is 0 Å². The molecule has 0 radical (unpaired) electrons. The van der Waals surface area contributed by atoms with Crippen LogP contribution in [0.3, 0.4) is 0 Å². The summed E-state index contributed by atoms with van der Waals surface area (Å²) in [6.45, 7) is 2.59. The number of hydrogen-bond donors (Lipinski definition) is 1. The number of carboxylic acid groups (broad SMARTS) is 1. The number of hydrogen-bond acceptors (Lipinski definition) is 6. The number of carboxylic acids is 1. The number of ether oxygens (including phenoxy) is 1. The molecule has 0 aliphatic carbocycles. The third-order valence-corrected chi connectivity index (χ3v) is 4.57. The summed E-state index contributed by atoms with van der Waals surface area (Å²) in [4.78, 5) is 35.8. The molecule has 1 fully saturated rings. The van der Waals surface area contributed by atoms with E-state index in [4.69, 9.17) is 9.84 Å². The van der Waals surface area contributed by atoms with Crippen molar-refractivity contribution >= 4 is 17.8 Å². The Morgan fingerprint density at radius 2 is 1.81 bits per heavy atom. The number of amides is 1. The summed E-state index contributed by atoms with van der Waals surface area (Å²) in [6.07, 6.45) is 2.66. The van der Waals surface area contributed by atoms with Crippen LogP contribution in [-0.4, -0.2) is 65.1 Å². The second-order valence-electron chi connectivity index (χ2n) is 6.27. The van der Waals surface area contributed by atoms with Gasteiger partial charge in [0.05, 0.1) is 12.7 Å². The molecule has 1 saturated heterocycles. The molecule has 1 N–H and O–H groups in total. The van der Waals surface area contributed by atoms with Crippen LogP contribution in [0.25, 0.3) is 0 Å². The summed E-state index contributed by atoms with van der Waals surface area (Å²) in [5.74, 6) is 0.284. The van der Waals surface area contributed by atoms with Crippen molar-refractivity contribution in [2.45, 2.75) is 12.8 Å². The number of rotatable bonds is 6. The first-order valence-corrected chi connectivity index (χ1v) is 8.79. The quantitative estimate of drug-likeness (QED) is 0.822. The highest BCUT2D eigenvalue weighted by Crippen LogP contribution is 2.15. The van der Waals surface area contributed by atoms with Gasteiger partial charge in [0.1, 0.15) is 0 Å². The Morgan fingerprint density at radius 3 is 2.44 bits per heavy atom.